The maximum Gasteiger partial charge on any atom is 0.107 e. The highest BCUT2D eigenvalue weighted by Gasteiger charge is 1.93. The quantitative estimate of drug-likeness (QED) is 0.445. The molecule has 0 aliphatic rings. The van der Waals surface area contributed by atoms with Crippen LogP contribution in [0.1, 0.15) is 27.2 Å². The molecule has 76 valence electrons. The van der Waals surface area contributed by atoms with Gasteiger partial charge in [0.2, 0.25) is 0 Å². The molecule has 0 amide bonds. The summed E-state index contributed by atoms with van der Waals surface area (Å²) in [6, 6.07) is 0. The average Bonchev–Trinajstić information content (AvgIpc) is 2.09. The van der Waals surface area contributed by atoms with Gasteiger partial charge in [-0.1, -0.05) is 19.8 Å². The molecule has 0 spiro atoms. The molecular formula is C11H20O2. The minimum absolute atomic E-state index is 0.518. The van der Waals surface area contributed by atoms with Crippen molar-refractivity contribution < 1.29 is 9.47 Å². The highest BCUT2D eigenvalue weighted by Crippen LogP contribution is 1.98. The van der Waals surface area contributed by atoms with Crippen molar-refractivity contribution in [1.82, 2.24) is 0 Å². The SMILES string of the molecule is CC#CCOCCOCCC(C)C. The Bertz CT molecular complexity index is 153. The van der Waals surface area contributed by atoms with E-state index < -0.39 is 0 Å². The van der Waals surface area contributed by atoms with Crippen molar-refractivity contribution in [2.24, 2.45) is 5.92 Å². The zero-order valence-electron chi connectivity index (χ0n) is 8.93. The van der Waals surface area contributed by atoms with E-state index in [1.54, 1.807) is 0 Å². The van der Waals surface area contributed by atoms with E-state index in [-0.39, 0.29) is 0 Å². The molecule has 13 heavy (non-hydrogen) atoms. The van der Waals surface area contributed by atoms with Crippen LogP contribution >= 0.6 is 0 Å². The molecule has 0 saturated carbocycles. The Balaban J connectivity index is 2.94. The standard InChI is InChI=1S/C11H20O2/c1-4-5-7-12-9-10-13-8-6-11(2)3/h11H,6-10H2,1-3H3. The molecule has 0 N–H and O–H groups in total. The van der Waals surface area contributed by atoms with E-state index in [0.29, 0.717) is 25.7 Å². The molecule has 0 aliphatic heterocycles. The van der Waals surface area contributed by atoms with Crippen LogP contribution in [-0.2, 0) is 9.47 Å². The highest BCUT2D eigenvalue weighted by molar-refractivity contribution is 4.94. The van der Waals surface area contributed by atoms with Crippen molar-refractivity contribution in [2.45, 2.75) is 27.2 Å². The second-order valence-corrected chi connectivity index (χ2v) is 3.27. The molecule has 2 nitrogen and oxygen atoms in total. The third kappa shape index (κ3) is 11.5. The van der Waals surface area contributed by atoms with E-state index in [4.69, 9.17) is 9.47 Å². The van der Waals surface area contributed by atoms with Crippen molar-refractivity contribution in [3.05, 3.63) is 0 Å². The van der Waals surface area contributed by atoms with E-state index in [2.05, 4.69) is 25.7 Å². The maximum absolute atomic E-state index is 5.35. The lowest BCUT2D eigenvalue weighted by molar-refractivity contribution is 0.0556. The summed E-state index contributed by atoms with van der Waals surface area (Å²) >= 11 is 0. The van der Waals surface area contributed by atoms with Gasteiger partial charge in [0, 0.05) is 6.61 Å². The number of rotatable bonds is 7. The van der Waals surface area contributed by atoms with E-state index in [1.807, 2.05) is 6.92 Å². The van der Waals surface area contributed by atoms with E-state index in [0.717, 1.165) is 13.0 Å². The molecule has 0 aromatic rings. The van der Waals surface area contributed by atoms with E-state index >= 15 is 0 Å². The summed E-state index contributed by atoms with van der Waals surface area (Å²) < 4.78 is 10.5. The van der Waals surface area contributed by atoms with Crippen LogP contribution in [0, 0.1) is 17.8 Å². The van der Waals surface area contributed by atoms with Crippen LogP contribution in [0.2, 0.25) is 0 Å². The summed E-state index contributed by atoms with van der Waals surface area (Å²) in [5.74, 6) is 6.31. The molecule has 0 unspecified atom stereocenters. The van der Waals surface area contributed by atoms with E-state index in [1.165, 1.54) is 0 Å². The van der Waals surface area contributed by atoms with Crippen molar-refractivity contribution in [3.8, 4) is 11.8 Å². The van der Waals surface area contributed by atoms with Gasteiger partial charge in [-0.25, -0.2) is 0 Å². The van der Waals surface area contributed by atoms with Crippen molar-refractivity contribution >= 4 is 0 Å². The lowest BCUT2D eigenvalue weighted by Gasteiger charge is -2.05. The van der Waals surface area contributed by atoms with Gasteiger partial charge in [0.05, 0.1) is 13.2 Å². The molecular weight excluding hydrogens is 164 g/mol. The Morgan fingerprint density at radius 3 is 2.38 bits per heavy atom. The van der Waals surface area contributed by atoms with Crippen LogP contribution in [0.5, 0.6) is 0 Å². The molecule has 0 aliphatic carbocycles. The Hall–Kier alpha value is -0.520. The van der Waals surface area contributed by atoms with Gasteiger partial charge >= 0.3 is 0 Å². The molecule has 0 saturated heterocycles. The van der Waals surface area contributed by atoms with Gasteiger partial charge in [0.25, 0.3) is 0 Å². The molecule has 0 atom stereocenters. The summed E-state index contributed by atoms with van der Waals surface area (Å²) in [4.78, 5) is 0. The van der Waals surface area contributed by atoms with Crippen LogP contribution in [0.3, 0.4) is 0 Å². The fraction of sp³-hybridized carbons (Fsp3) is 0.818. The lowest BCUT2D eigenvalue weighted by atomic mass is 10.1. The first kappa shape index (κ1) is 12.5. The van der Waals surface area contributed by atoms with Crippen molar-refractivity contribution in [1.29, 1.82) is 0 Å². The Morgan fingerprint density at radius 2 is 1.77 bits per heavy atom. The van der Waals surface area contributed by atoms with E-state index in [9.17, 15) is 0 Å². The summed E-state index contributed by atoms with van der Waals surface area (Å²) in [6.45, 7) is 8.87. The summed E-state index contributed by atoms with van der Waals surface area (Å²) in [6.07, 6.45) is 1.12. The Labute approximate surface area is 81.6 Å². The average molecular weight is 184 g/mol. The lowest BCUT2D eigenvalue weighted by Crippen LogP contribution is -2.06. The molecule has 0 aromatic heterocycles. The highest BCUT2D eigenvalue weighted by atomic mass is 16.5. The predicted molar refractivity (Wildman–Crippen MR) is 54.5 cm³/mol. The summed E-state index contributed by atoms with van der Waals surface area (Å²) in [7, 11) is 0. The van der Waals surface area contributed by atoms with Gasteiger partial charge in [-0.15, -0.1) is 5.92 Å². The van der Waals surface area contributed by atoms with Gasteiger partial charge in [0.1, 0.15) is 6.61 Å². The fourth-order valence-electron chi connectivity index (χ4n) is 0.734. The maximum atomic E-state index is 5.35. The van der Waals surface area contributed by atoms with Crippen LogP contribution in [0.15, 0.2) is 0 Å². The number of ether oxygens (including phenoxy) is 2. The smallest absolute Gasteiger partial charge is 0.107 e. The van der Waals surface area contributed by atoms with Crippen LogP contribution < -0.4 is 0 Å². The number of hydrogen-bond acceptors (Lipinski definition) is 2. The first-order chi connectivity index (χ1) is 6.27. The van der Waals surface area contributed by atoms with Gasteiger partial charge in [-0.2, -0.15) is 0 Å². The third-order valence-electron chi connectivity index (χ3n) is 1.56. The minimum Gasteiger partial charge on any atom is -0.379 e. The molecule has 0 rings (SSSR count). The van der Waals surface area contributed by atoms with Crippen LogP contribution in [0.4, 0.5) is 0 Å². The first-order valence-corrected chi connectivity index (χ1v) is 4.82. The largest absolute Gasteiger partial charge is 0.379 e. The van der Waals surface area contributed by atoms with Crippen LogP contribution in [0.25, 0.3) is 0 Å². The van der Waals surface area contributed by atoms with Crippen molar-refractivity contribution in [2.75, 3.05) is 26.4 Å². The molecule has 2 heteroatoms. The van der Waals surface area contributed by atoms with Gasteiger partial charge in [-0.05, 0) is 19.3 Å². The van der Waals surface area contributed by atoms with Gasteiger partial charge in [0.15, 0.2) is 0 Å². The second-order valence-electron chi connectivity index (χ2n) is 3.27. The zero-order chi connectivity index (χ0) is 9.94. The van der Waals surface area contributed by atoms with Gasteiger partial charge in [-0.3, -0.25) is 0 Å². The second kappa shape index (κ2) is 9.57. The molecule has 0 aromatic carbocycles. The topological polar surface area (TPSA) is 18.5 Å². The Morgan fingerprint density at radius 1 is 1.08 bits per heavy atom. The third-order valence-corrected chi connectivity index (χ3v) is 1.56. The Kier molecular flexibility index (Phi) is 9.18. The monoisotopic (exact) mass is 184 g/mol. The minimum atomic E-state index is 0.518. The zero-order valence-corrected chi connectivity index (χ0v) is 8.93. The summed E-state index contributed by atoms with van der Waals surface area (Å²) in [5, 5.41) is 0. The molecule has 0 bridgehead atoms. The van der Waals surface area contributed by atoms with Crippen molar-refractivity contribution in [3.63, 3.8) is 0 Å². The number of hydrogen-bond donors (Lipinski definition) is 0. The fourth-order valence-corrected chi connectivity index (χ4v) is 0.734. The normalized spacial score (nSPS) is 9.85. The van der Waals surface area contributed by atoms with Crippen LogP contribution in [-0.4, -0.2) is 26.4 Å². The molecule has 0 heterocycles. The predicted octanol–water partition coefficient (Wildman–Crippen LogP) is 2.09. The first-order valence-electron chi connectivity index (χ1n) is 4.82. The summed E-state index contributed by atoms with van der Waals surface area (Å²) in [5.41, 5.74) is 0. The molecule has 0 fully saturated rings. The molecule has 0 radical (unpaired) electrons. The van der Waals surface area contributed by atoms with Gasteiger partial charge < -0.3 is 9.47 Å².